The van der Waals surface area contributed by atoms with E-state index in [9.17, 15) is 4.79 Å². The molecule has 0 aliphatic heterocycles. The summed E-state index contributed by atoms with van der Waals surface area (Å²) >= 11 is 6.16. The predicted octanol–water partition coefficient (Wildman–Crippen LogP) is 2.26. The number of hydrogen-bond donors (Lipinski definition) is 0. The molecule has 3 aromatic rings. The highest BCUT2D eigenvalue weighted by molar-refractivity contribution is 6.34. The summed E-state index contributed by atoms with van der Waals surface area (Å²) in [5, 5.41) is 1.19. The smallest absolute Gasteiger partial charge is 0.295 e. The zero-order valence-corrected chi connectivity index (χ0v) is 11.7. The maximum atomic E-state index is 12.1. The van der Waals surface area contributed by atoms with Gasteiger partial charge in [-0.25, -0.2) is 14.8 Å². The molecular formula is C13H13ClN4O. The fraction of sp³-hybridized carbons (Fsp3) is 0.308. The first-order chi connectivity index (χ1) is 9.02. The van der Waals surface area contributed by atoms with E-state index in [4.69, 9.17) is 11.6 Å². The molecule has 1 aromatic carbocycles. The van der Waals surface area contributed by atoms with E-state index in [2.05, 4.69) is 9.97 Å². The highest BCUT2D eigenvalue weighted by Gasteiger charge is 2.13. The first kappa shape index (κ1) is 12.2. The SMILES string of the molecule is CCn1c(=O)n(C)c2cc3nc(C)nc(Cl)c3cc21. The minimum Gasteiger partial charge on any atom is -0.295 e. The molecule has 0 atom stereocenters. The second-order valence-electron chi connectivity index (χ2n) is 4.51. The second-order valence-corrected chi connectivity index (χ2v) is 4.86. The predicted molar refractivity (Wildman–Crippen MR) is 75.7 cm³/mol. The van der Waals surface area contributed by atoms with Gasteiger partial charge in [0.1, 0.15) is 11.0 Å². The standard InChI is InChI=1S/C13H13ClN4O/c1-4-18-11-5-8-9(15-7(2)16-12(8)14)6-10(11)17(3)13(18)19/h5-6H,4H2,1-3H3. The molecular weight excluding hydrogens is 264 g/mol. The molecule has 0 fully saturated rings. The largest absolute Gasteiger partial charge is 0.328 e. The third-order valence-corrected chi connectivity index (χ3v) is 3.63. The maximum absolute atomic E-state index is 12.1. The van der Waals surface area contributed by atoms with Crippen molar-refractivity contribution in [3.05, 3.63) is 33.6 Å². The number of fused-ring (bicyclic) bond motifs is 2. The van der Waals surface area contributed by atoms with Gasteiger partial charge < -0.3 is 0 Å². The summed E-state index contributed by atoms with van der Waals surface area (Å²) in [5.74, 6) is 0.622. The van der Waals surface area contributed by atoms with Crippen LogP contribution < -0.4 is 5.69 Å². The van der Waals surface area contributed by atoms with Crippen molar-refractivity contribution in [3.8, 4) is 0 Å². The van der Waals surface area contributed by atoms with Gasteiger partial charge in [0.2, 0.25) is 0 Å². The van der Waals surface area contributed by atoms with Gasteiger partial charge in [0.25, 0.3) is 0 Å². The van der Waals surface area contributed by atoms with E-state index in [1.165, 1.54) is 0 Å². The number of benzene rings is 1. The topological polar surface area (TPSA) is 52.7 Å². The molecule has 0 aliphatic rings. The van der Waals surface area contributed by atoms with Crippen molar-refractivity contribution in [1.82, 2.24) is 19.1 Å². The summed E-state index contributed by atoms with van der Waals surface area (Å²) in [6.07, 6.45) is 0. The lowest BCUT2D eigenvalue weighted by Crippen LogP contribution is -2.21. The zero-order chi connectivity index (χ0) is 13.7. The molecule has 0 amide bonds. The maximum Gasteiger partial charge on any atom is 0.328 e. The van der Waals surface area contributed by atoms with Gasteiger partial charge in [0.15, 0.2) is 0 Å². The van der Waals surface area contributed by atoms with Crippen LogP contribution in [0.4, 0.5) is 0 Å². The Bertz CT molecular complexity index is 863. The molecule has 0 radical (unpaired) electrons. The van der Waals surface area contributed by atoms with Gasteiger partial charge in [-0.1, -0.05) is 11.6 Å². The second kappa shape index (κ2) is 4.06. The Labute approximate surface area is 114 Å². The summed E-state index contributed by atoms with van der Waals surface area (Å²) in [7, 11) is 1.76. The normalized spacial score (nSPS) is 11.6. The van der Waals surface area contributed by atoms with Gasteiger partial charge in [-0.2, -0.15) is 0 Å². The molecule has 0 spiro atoms. The molecule has 0 saturated heterocycles. The third-order valence-electron chi connectivity index (χ3n) is 3.34. The van der Waals surface area contributed by atoms with Crippen molar-refractivity contribution in [1.29, 1.82) is 0 Å². The van der Waals surface area contributed by atoms with Crippen LogP contribution in [-0.2, 0) is 13.6 Å². The van der Waals surface area contributed by atoms with Gasteiger partial charge in [0, 0.05) is 19.0 Å². The number of aromatic nitrogens is 4. The molecule has 0 saturated carbocycles. The van der Waals surface area contributed by atoms with Crippen LogP contribution in [0.5, 0.6) is 0 Å². The van der Waals surface area contributed by atoms with Crippen LogP contribution in [-0.4, -0.2) is 19.1 Å². The minimum absolute atomic E-state index is 0.0337. The van der Waals surface area contributed by atoms with Crippen molar-refractivity contribution in [2.24, 2.45) is 7.05 Å². The van der Waals surface area contributed by atoms with E-state index in [1.807, 2.05) is 19.1 Å². The molecule has 3 rings (SSSR count). The molecule has 5 nitrogen and oxygen atoms in total. The summed E-state index contributed by atoms with van der Waals surface area (Å²) in [6.45, 7) is 4.36. The van der Waals surface area contributed by atoms with E-state index >= 15 is 0 Å². The van der Waals surface area contributed by atoms with Gasteiger partial charge in [-0.05, 0) is 26.0 Å². The van der Waals surface area contributed by atoms with Gasteiger partial charge in [-0.15, -0.1) is 0 Å². The summed E-state index contributed by atoms with van der Waals surface area (Å²) in [5.41, 5.74) is 2.44. The Kier molecular flexibility index (Phi) is 2.60. The van der Waals surface area contributed by atoms with Crippen LogP contribution >= 0.6 is 11.6 Å². The number of aryl methyl sites for hydroxylation is 3. The summed E-state index contributed by atoms with van der Waals surface area (Å²) < 4.78 is 3.34. The average molecular weight is 277 g/mol. The van der Waals surface area contributed by atoms with Crippen molar-refractivity contribution in [2.75, 3.05) is 0 Å². The Balaban J connectivity index is 2.56. The van der Waals surface area contributed by atoms with Gasteiger partial charge in [-0.3, -0.25) is 9.13 Å². The molecule has 2 heterocycles. The summed E-state index contributed by atoms with van der Waals surface area (Å²) in [6, 6.07) is 3.77. The van der Waals surface area contributed by atoms with Crippen LogP contribution in [0.25, 0.3) is 21.9 Å². The van der Waals surface area contributed by atoms with Crippen molar-refractivity contribution in [2.45, 2.75) is 20.4 Å². The Morgan fingerprint density at radius 2 is 2.00 bits per heavy atom. The molecule has 19 heavy (non-hydrogen) atoms. The fourth-order valence-electron chi connectivity index (χ4n) is 2.40. The first-order valence-electron chi connectivity index (χ1n) is 6.06. The molecule has 0 N–H and O–H groups in total. The lowest BCUT2D eigenvalue weighted by Gasteiger charge is -2.03. The highest BCUT2D eigenvalue weighted by atomic mass is 35.5. The third kappa shape index (κ3) is 1.65. The lowest BCUT2D eigenvalue weighted by atomic mass is 10.2. The molecule has 0 unspecified atom stereocenters. The Morgan fingerprint density at radius 1 is 1.26 bits per heavy atom. The molecule has 0 aliphatic carbocycles. The van der Waals surface area contributed by atoms with Crippen LogP contribution in [0.2, 0.25) is 5.15 Å². The van der Waals surface area contributed by atoms with Gasteiger partial charge in [0.05, 0.1) is 16.6 Å². The van der Waals surface area contributed by atoms with Crippen molar-refractivity contribution >= 4 is 33.5 Å². The lowest BCUT2D eigenvalue weighted by molar-refractivity contribution is 0.712. The zero-order valence-electron chi connectivity index (χ0n) is 10.9. The van der Waals surface area contributed by atoms with Crippen molar-refractivity contribution in [3.63, 3.8) is 0 Å². The van der Waals surface area contributed by atoms with Crippen LogP contribution in [0, 0.1) is 6.92 Å². The van der Waals surface area contributed by atoms with E-state index in [0.717, 1.165) is 21.9 Å². The molecule has 0 bridgehead atoms. The molecule has 2 aromatic heterocycles. The minimum atomic E-state index is -0.0337. The van der Waals surface area contributed by atoms with E-state index < -0.39 is 0 Å². The van der Waals surface area contributed by atoms with E-state index in [0.29, 0.717) is 17.5 Å². The Hall–Kier alpha value is -1.88. The quantitative estimate of drug-likeness (QED) is 0.641. The van der Waals surface area contributed by atoms with Crippen LogP contribution in [0.15, 0.2) is 16.9 Å². The number of nitrogens with zero attached hydrogens (tertiary/aromatic N) is 4. The average Bonchev–Trinajstić information content (AvgIpc) is 2.60. The Morgan fingerprint density at radius 3 is 2.68 bits per heavy atom. The number of imidazole rings is 1. The number of hydrogen-bond acceptors (Lipinski definition) is 3. The molecule has 6 heteroatoms. The molecule has 98 valence electrons. The van der Waals surface area contributed by atoms with Crippen LogP contribution in [0.1, 0.15) is 12.7 Å². The van der Waals surface area contributed by atoms with Crippen LogP contribution in [0.3, 0.4) is 0 Å². The monoisotopic (exact) mass is 276 g/mol. The van der Waals surface area contributed by atoms with E-state index in [1.54, 1.807) is 23.1 Å². The first-order valence-corrected chi connectivity index (χ1v) is 6.44. The highest BCUT2D eigenvalue weighted by Crippen LogP contribution is 2.25. The van der Waals surface area contributed by atoms with Gasteiger partial charge >= 0.3 is 5.69 Å². The van der Waals surface area contributed by atoms with E-state index in [-0.39, 0.29) is 5.69 Å². The fourth-order valence-corrected chi connectivity index (χ4v) is 2.68. The number of rotatable bonds is 1. The summed E-state index contributed by atoms with van der Waals surface area (Å²) in [4.78, 5) is 20.6. The number of halogens is 1. The van der Waals surface area contributed by atoms with Crippen molar-refractivity contribution < 1.29 is 0 Å².